The van der Waals surface area contributed by atoms with E-state index in [9.17, 15) is 5.11 Å². The molecule has 18 heavy (non-hydrogen) atoms. The second-order valence-corrected chi connectivity index (χ2v) is 5.64. The molecule has 102 valence electrons. The van der Waals surface area contributed by atoms with Crippen molar-refractivity contribution in [1.29, 1.82) is 0 Å². The highest BCUT2D eigenvalue weighted by molar-refractivity contribution is 5.29. The second kappa shape index (κ2) is 6.21. The summed E-state index contributed by atoms with van der Waals surface area (Å²) in [5, 5.41) is 12.6. The van der Waals surface area contributed by atoms with Crippen molar-refractivity contribution in [2.45, 2.75) is 52.3 Å². The van der Waals surface area contributed by atoms with Crippen LogP contribution in [0, 0.1) is 0 Å². The lowest BCUT2D eigenvalue weighted by molar-refractivity contribution is 0.178. The molecule has 0 amide bonds. The molecule has 0 heterocycles. The van der Waals surface area contributed by atoms with Crippen LogP contribution in [0.15, 0.2) is 24.3 Å². The molecule has 1 rings (SSSR count). The second-order valence-electron chi connectivity index (χ2n) is 5.64. The molecule has 0 fully saturated rings. The Kier molecular flexibility index (Phi) is 5.17. The number of hydrogen-bond donors (Lipinski definition) is 2. The molecule has 0 aliphatic rings. The van der Waals surface area contributed by atoms with Gasteiger partial charge in [-0.25, -0.2) is 0 Å². The smallest absolute Gasteiger partial charge is 0.119 e. The van der Waals surface area contributed by atoms with Crippen LogP contribution in [0.2, 0.25) is 0 Å². The molecule has 0 spiro atoms. The number of nitrogens with one attached hydrogen (secondary N) is 1. The van der Waals surface area contributed by atoms with E-state index in [0.717, 1.165) is 5.75 Å². The zero-order valence-corrected chi connectivity index (χ0v) is 12.0. The van der Waals surface area contributed by atoms with E-state index in [0.29, 0.717) is 0 Å². The van der Waals surface area contributed by atoms with Crippen LogP contribution in [0.4, 0.5) is 0 Å². The van der Waals surface area contributed by atoms with Crippen molar-refractivity contribution in [2.24, 2.45) is 0 Å². The lowest BCUT2D eigenvalue weighted by atomic mass is 10.0. The summed E-state index contributed by atoms with van der Waals surface area (Å²) in [6.07, 6.45) is 0.194. The Bertz CT molecular complexity index is 357. The predicted molar refractivity (Wildman–Crippen MR) is 74.9 cm³/mol. The minimum absolute atomic E-state index is 0.117. The Morgan fingerprint density at radius 3 is 2.17 bits per heavy atom. The number of aliphatic hydroxyl groups is 1. The van der Waals surface area contributed by atoms with Gasteiger partial charge in [0.1, 0.15) is 5.75 Å². The molecule has 3 nitrogen and oxygen atoms in total. The molecule has 0 aliphatic heterocycles. The number of benzene rings is 1. The fraction of sp³-hybridized carbons (Fsp3) is 0.600. The fourth-order valence-corrected chi connectivity index (χ4v) is 1.82. The third kappa shape index (κ3) is 4.67. The Morgan fingerprint density at radius 1 is 1.17 bits per heavy atom. The molecule has 1 unspecified atom stereocenters. The lowest BCUT2D eigenvalue weighted by Crippen LogP contribution is -2.43. The molecule has 0 aliphatic carbocycles. The number of aliphatic hydroxyl groups excluding tert-OH is 1. The third-order valence-electron chi connectivity index (χ3n) is 2.75. The van der Waals surface area contributed by atoms with E-state index in [2.05, 4.69) is 24.4 Å². The van der Waals surface area contributed by atoms with Crippen molar-refractivity contribution < 1.29 is 9.84 Å². The molecule has 1 aromatic rings. The van der Waals surface area contributed by atoms with Gasteiger partial charge >= 0.3 is 0 Å². The Labute approximate surface area is 110 Å². The summed E-state index contributed by atoms with van der Waals surface area (Å²) >= 11 is 0. The van der Waals surface area contributed by atoms with Crippen molar-refractivity contribution in [3.63, 3.8) is 0 Å². The molecule has 1 aromatic carbocycles. The highest BCUT2D eigenvalue weighted by Crippen LogP contribution is 2.20. The maximum atomic E-state index is 9.25. The van der Waals surface area contributed by atoms with Crippen LogP contribution in [-0.2, 0) is 0 Å². The van der Waals surface area contributed by atoms with Gasteiger partial charge in [0, 0.05) is 11.6 Å². The summed E-state index contributed by atoms with van der Waals surface area (Å²) in [7, 11) is 0. The highest BCUT2D eigenvalue weighted by Gasteiger charge is 2.19. The first kappa shape index (κ1) is 15.0. The van der Waals surface area contributed by atoms with Gasteiger partial charge in [0.2, 0.25) is 0 Å². The molecule has 0 radical (unpaired) electrons. The van der Waals surface area contributed by atoms with Gasteiger partial charge in [-0.2, -0.15) is 0 Å². The Balaban J connectivity index is 2.67. The van der Waals surface area contributed by atoms with Crippen molar-refractivity contribution >= 4 is 0 Å². The minimum atomic E-state index is -0.271. The zero-order chi connectivity index (χ0) is 13.8. The van der Waals surface area contributed by atoms with E-state index in [1.165, 1.54) is 5.56 Å². The molecule has 2 N–H and O–H groups in total. The fourth-order valence-electron chi connectivity index (χ4n) is 1.82. The Hall–Kier alpha value is -1.06. The van der Waals surface area contributed by atoms with Crippen LogP contribution in [0.25, 0.3) is 0 Å². The van der Waals surface area contributed by atoms with Crippen LogP contribution in [-0.4, -0.2) is 23.4 Å². The topological polar surface area (TPSA) is 41.5 Å². The quantitative estimate of drug-likeness (QED) is 0.817. The summed E-state index contributed by atoms with van der Waals surface area (Å²) in [5.41, 5.74) is 0.916. The molecule has 0 saturated heterocycles. The third-order valence-corrected chi connectivity index (χ3v) is 2.75. The van der Waals surface area contributed by atoms with Gasteiger partial charge in [-0.1, -0.05) is 12.1 Å². The van der Waals surface area contributed by atoms with Crippen molar-refractivity contribution in [3.8, 4) is 5.75 Å². The summed E-state index contributed by atoms with van der Waals surface area (Å²) in [6.45, 7) is 10.2. The molecule has 3 heteroatoms. The van der Waals surface area contributed by atoms with Crippen molar-refractivity contribution in [1.82, 2.24) is 5.32 Å². The van der Waals surface area contributed by atoms with E-state index in [-0.39, 0.29) is 24.3 Å². The van der Waals surface area contributed by atoms with E-state index in [1.807, 2.05) is 39.8 Å². The normalized spacial score (nSPS) is 13.7. The molecule has 0 saturated carbocycles. The summed E-state index contributed by atoms with van der Waals surface area (Å²) in [4.78, 5) is 0. The first-order chi connectivity index (χ1) is 8.34. The van der Waals surface area contributed by atoms with E-state index in [1.54, 1.807) is 0 Å². The van der Waals surface area contributed by atoms with Crippen molar-refractivity contribution in [3.05, 3.63) is 29.8 Å². The van der Waals surface area contributed by atoms with Gasteiger partial charge < -0.3 is 15.2 Å². The number of ether oxygens (including phenoxy) is 1. The number of hydrogen-bond acceptors (Lipinski definition) is 3. The van der Waals surface area contributed by atoms with Gasteiger partial charge in [-0.15, -0.1) is 0 Å². The summed E-state index contributed by atoms with van der Waals surface area (Å²) in [6, 6.07) is 8.28. The average molecular weight is 251 g/mol. The Morgan fingerprint density at radius 2 is 1.72 bits per heavy atom. The maximum Gasteiger partial charge on any atom is 0.119 e. The first-order valence-corrected chi connectivity index (χ1v) is 6.49. The molecule has 1 atom stereocenters. The molecular weight excluding hydrogens is 226 g/mol. The predicted octanol–water partition coefficient (Wildman–Crippen LogP) is 2.90. The zero-order valence-electron chi connectivity index (χ0n) is 12.0. The van der Waals surface area contributed by atoms with Crippen LogP contribution in [0.5, 0.6) is 5.75 Å². The van der Waals surface area contributed by atoms with E-state index >= 15 is 0 Å². The van der Waals surface area contributed by atoms with Gasteiger partial charge in [0.15, 0.2) is 0 Å². The standard InChI is InChI=1S/C15H25NO2/c1-11(2)18-14-8-6-13(7-9-14)12(3)16-15(4,5)10-17/h6-9,11-12,16-17H,10H2,1-5H3. The number of rotatable bonds is 6. The van der Waals surface area contributed by atoms with Gasteiger partial charge in [-0.05, 0) is 52.3 Å². The van der Waals surface area contributed by atoms with Gasteiger partial charge in [0.25, 0.3) is 0 Å². The van der Waals surface area contributed by atoms with Crippen LogP contribution in [0.1, 0.15) is 46.2 Å². The lowest BCUT2D eigenvalue weighted by Gasteiger charge is -2.28. The van der Waals surface area contributed by atoms with Crippen molar-refractivity contribution in [2.75, 3.05) is 6.61 Å². The summed E-state index contributed by atoms with van der Waals surface area (Å²) in [5.74, 6) is 0.891. The average Bonchev–Trinajstić information content (AvgIpc) is 2.28. The van der Waals surface area contributed by atoms with E-state index < -0.39 is 0 Å². The SMILES string of the molecule is CC(C)Oc1ccc(C(C)NC(C)(C)CO)cc1. The minimum Gasteiger partial charge on any atom is -0.491 e. The van der Waals surface area contributed by atoms with E-state index in [4.69, 9.17) is 4.74 Å². The van der Waals surface area contributed by atoms with Crippen LogP contribution >= 0.6 is 0 Å². The van der Waals surface area contributed by atoms with Crippen LogP contribution in [0.3, 0.4) is 0 Å². The first-order valence-electron chi connectivity index (χ1n) is 6.49. The molecule has 0 aromatic heterocycles. The van der Waals surface area contributed by atoms with Gasteiger partial charge in [0.05, 0.1) is 12.7 Å². The molecular formula is C15H25NO2. The van der Waals surface area contributed by atoms with Crippen LogP contribution < -0.4 is 10.1 Å². The highest BCUT2D eigenvalue weighted by atomic mass is 16.5. The monoisotopic (exact) mass is 251 g/mol. The maximum absolute atomic E-state index is 9.25. The summed E-state index contributed by atoms with van der Waals surface area (Å²) < 4.78 is 5.61. The largest absolute Gasteiger partial charge is 0.491 e. The molecule has 0 bridgehead atoms. The van der Waals surface area contributed by atoms with Gasteiger partial charge in [-0.3, -0.25) is 0 Å².